The number of epoxide rings is 1. The van der Waals surface area contributed by atoms with Gasteiger partial charge in [-0.25, -0.2) is 0 Å². The van der Waals surface area contributed by atoms with Gasteiger partial charge in [-0.1, -0.05) is 13.8 Å². The second-order valence-electron chi connectivity index (χ2n) is 7.63. The van der Waals surface area contributed by atoms with E-state index >= 15 is 0 Å². The molecule has 0 radical (unpaired) electrons. The molecule has 0 N–H and O–H groups in total. The summed E-state index contributed by atoms with van der Waals surface area (Å²) in [6.45, 7) is 8.09. The van der Waals surface area contributed by atoms with E-state index < -0.39 is 16.4 Å². The Morgan fingerprint density at radius 3 is 2.68 bits per heavy atom. The summed E-state index contributed by atoms with van der Waals surface area (Å²) in [6.07, 6.45) is 2.53. The summed E-state index contributed by atoms with van der Waals surface area (Å²) in [6, 6.07) is 0. The van der Waals surface area contributed by atoms with Crippen molar-refractivity contribution in [2.75, 3.05) is 6.61 Å². The molecule has 22 heavy (non-hydrogen) atoms. The molecular weight excluding hydrogens is 284 g/mol. The minimum atomic E-state index is -0.423. The van der Waals surface area contributed by atoms with Crippen molar-refractivity contribution in [2.24, 2.45) is 10.8 Å². The zero-order chi connectivity index (χ0) is 15.9. The van der Waals surface area contributed by atoms with Gasteiger partial charge in [0.2, 0.25) is 0 Å². The van der Waals surface area contributed by atoms with Crippen molar-refractivity contribution in [1.82, 2.24) is 0 Å². The van der Waals surface area contributed by atoms with Crippen LogP contribution in [-0.4, -0.2) is 42.3 Å². The number of ether oxygens (including phenoxy) is 3. The highest BCUT2D eigenvalue weighted by Crippen LogP contribution is 2.71. The van der Waals surface area contributed by atoms with Crippen molar-refractivity contribution >= 4 is 11.8 Å². The lowest BCUT2D eigenvalue weighted by Crippen LogP contribution is -2.64. The van der Waals surface area contributed by atoms with E-state index in [9.17, 15) is 9.59 Å². The third-order valence-corrected chi connectivity index (χ3v) is 6.73. The van der Waals surface area contributed by atoms with Crippen LogP contribution in [0, 0.1) is 10.8 Å². The summed E-state index contributed by atoms with van der Waals surface area (Å²) < 4.78 is 17.8. The molecule has 0 unspecified atom stereocenters. The molecule has 1 spiro atoms. The molecule has 6 atom stereocenters. The van der Waals surface area contributed by atoms with Gasteiger partial charge in [0.1, 0.15) is 11.7 Å². The lowest BCUT2D eigenvalue weighted by Gasteiger charge is -2.56. The summed E-state index contributed by atoms with van der Waals surface area (Å²) in [5.41, 5.74) is -0.473. The van der Waals surface area contributed by atoms with Gasteiger partial charge in [0.05, 0.1) is 18.8 Å². The lowest BCUT2D eigenvalue weighted by molar-refractivity contribution is -0.209. The monoisotopic (exact) mass is 306 g/mol. The topological polar surface area (TPSA) is 65.1 Å². The predicted octanol–water partition coefficient (Wildman–Crippen LogP) is 1.79. The molecule has 2 aliphatic heterocycles. The van der Waals surface area contributed by atoms with Crippen LogP contribution in [0.15, 0.2) is 11.6 Å². The summed E-state index contributed by atoms with van der Waals surface area (Å²) in [5.74, 6) is -0.144. The first kappa shape index (κ1) is 14.4. The van der Waals surface area contributed by atoms with E-state index in [-0.39, 0.29) is 30.1 Å². The van der Waals surface area contributed by atoms with Crippen molar-refractivity contribution in [3.63, 3.8) is 0 Å². The molecule has 0 amide bonds. The Kier molecular flexibility index (Phi) is 2.62. The number of allylic oxidation sites excluding steroid dienone is 1. The van der Waals surface area contributed by atoms with E-state index in [0.717, 1.165) is 5.57 Å². The Hall–Kier alpha value is -1.20. The molecule has 4 rings (SSSR count). The van der Waals surface area contributed by atoms with E-state index in [1.807, 2.05) is 13.0 Å². The fourth-order valence-corrected chi connectivity index (χ4v) is 5.10. The fraction of sp³-hybridized carbons (Fsp3) is 0.765. The highest BCUT2D eigenvalue weighted by molar-refractivity contribution is 5.96. The number of carbonyl (C=O) groups is 2. The molecule has 120 valence electrons. The molecule has 2 bridgehead atoms. The molecule has 4 aliphatic rings. The summed E-state index contributed by atoms with van der Waals surface area (Å²) in [7, 11) is 0. The van der Waals surface area contributed by atoms with Gasteiger partial charge >= 0.3 is 5.97 Å². The number of fused-ring (bicyclic) bond motifs is 2. The first-order valence-electron chi connectivity index (χ1n) is 7.93. The quantitative estimate of drug-likeness (QED) is 0.546. The van der Waals surface area contributed by atoms with Gasteiger partial charge in [-0.15, -0.1) is 0 Å². The Labute approximate surface area is 130 Å². The zero-order valence-electron chi connectivity index (χ0n) is 13.5. The Morgan fingerprint density at radius 2 is 2.09 bits per heavy atom. The molecule has 2 aliphatic carbocycles. The molecule has 0 aromatic rings. The van der Waals surface area contributed by atoms with Crippen LogP contribution in [0.4, 0.5) is 0 Å². The summed E-state index contributed by atoms with van der Waals surface area (Å²) >= 11 is 0. The van der Waals surface area contributed by atoms with Gasteiger partial charge in [0, 0.05) is 30.6 Å². The van der Waals surface area contributed by atoms with E-state index in [4.69, 9.17) is 14.2 Å². The maximum atomic E-state index is 12.4. The standard InChI is InChI=1S/C17H22O5/c1-9-5-12-15(3,7-11(9)19)16(4)13(21-10(2)18)6-14(22-12)17(16)8-20-17/h5,12-14H,6-8H2,1-4H3/t12-,13-,14-,15+,16-,17+/m1/s1. The van der Waals surface area contributed by atoms with Crippen LogP contribution in [0.2, 0.25) is 0 Å². The minimum absolute atomic E-state index is 0.0721. The average Bonchev–Trinajstić information content (AvgIpc) is 3.18. The van der Waals surface area contributed by atoms with Gasteiger partial charge in [-0.3, -0.25) is 9.59 Å². The maximum Gasteiger partial charge on any atom is 0.302 e. The molecule has 0 aromatic carbocycles. The van der Waals surface area contributed by atoms with Crippen LogP contribution >= 0.6 is 0 Å². The molecule has 3 fully saturated rings. The first-order valence-corrected chi connectivity index (χ1v) is 7.93. The van der Waals surface area contributed by atoms with E-state index in [1.165, 1.54) is 6.92 Å². The molecule has 0 aromatic heterocycles. The van der Waals surface area contributed by atoms with Gasteiger partial charge in [0.25, 0.3) is 0 Å². The van der Waals surface area contributed by atoms with Crippen LogP contribution in [-0.2, 0) is 23.8 Å². The number of esters is 1. The van der Waals surface area contributed by atoms with Crippen LogP contribution in [0.1, 0.15) is 40.5 Å². The number of hydrogen-bond acceptors (Lipinski definition) is 5. The molecule has 2 saturated heterocycles. The maximum absolute atomic E-state index is 12.4. The molecule has 5 nitrogen and oxygen atoms in total. The third kappa shape index (κ3) is 1.42. The molecule has 2 heterocycles. The van der Waals surface area contributed by atoms with Gasteiger partial charge in [-0.2, -0.15) is 0 Å². The summed E-state index contributed by atoms with van der Waals surface area (Å²) in [4.78, 5) is 23.9. The van der Waals surface area contributed by atoms with Crippen molar-refractivity contribution in [3.05, 3.63) is 11.6 Å². The SMILES string of the molecule is CC(=O)O[C@@H]1C[C@H]2O[C@@H]3C=C(C)C(=O)C[C@]3(C)[C@]1(C)[C@]21CO1. The largest absolute Gasteiger partial charge is 0.462 e. The van der Waals surface area contributed by atoms with Crippen molar-refractivity contribution in [2.45, 2.75) is 64.4 Å². The Morgan fingerprint density at radius 1 is 1.41 bits per heavy atom. The predicted molar refractivity (Wildman–Crippen MR) is 77.1 cm³/mol. The van der Waals surface area contributed by atoms with Crippen LogP contribution in [0.25, 0.3) is 0 Å². The molecular formula is C17H22O5. The number of Topliss-reactive ketones (excluding diaryl/α,β-unsaturated/α-hetero) is 1. The van der Waals surface area contributed by atoms with E-state index in [2.05, 4.69) is 13.8 Å². The van der Waals surface area contributed by atoms with Crippen molar-refractivity contribution in [3.8, 4) is 0 Å². The van der Waals surface area contributed by atoms with Crippen LogP contribution in [0.5, 0.6) is 0 Å². The summed E-state index contributed by atoms with van der Waals surface area (Å²) in [5, 5.41) is 0. The van der Waals surface area contributed by atoms with E-state index in [0.29, 0.717) is 19.4 Å². The fourth-order valence-electron chi connectivity index (χ4n) is 5.10. The highest BCUT2D eigenvalue weighted by Gasteiger charge is 2.82. The van der Waals surface area contributed by atoms with Gasteiger partial charge < -0.3 is 14.2 Å². The zero-order valence-corrected chi connectivity index (χ0v) is 13.5. The minimum Gasteiger partial charge on any atom is -0.462 e. The average molecular weight is 306 g/mol. The van der Waals surface area contributed by atoms with Crippen LogP contribution < -0.4 is 0 Å². The number of carbonyl (C=O) groups excluding carboxylic acids is 2. The Bertz CT molecular complexity index is 604. The smallest absolute Gasteiger partial charge is 0.302 e. The molecule has 1 saturated carbocycles. The van der Waals surface area contributed by atoms with E-state index in [1.54, 1.807) is 0 Å². The number of rotatable bonds is 1. The normalized spacial score (nSPS) is 52.3. The van der Waals surface area contributed by atoms with Gasteiger partial charge in [0.15, 0.2) is 5.78 Å². The number of hydrogen-bond donors (Lipinski definition) is 0. The molecule has 5 heteroatoms. The lowest BCUT2D eigenvalue weighted by atomic mass is 9.52. The third-order valence-electron chi connectivity index (χ3n) is 6.73. The Balaban J connectivity index is 1.84. The highest BCUT2D eigenvalue weighted by atomic mass is 16.6. The van der Waals surface area contributed by atoms with Crippen molar-refractivity contribution < 1.29 is 23.8 Å². The second-order valence-corrected chi connectivity index (χ2v) is 7.63. The van der Waals surface area contributed by atoms with Gasteiger partial charge in [-0.05, 0) is 18.6 Å². The first-order chi connectivity index (χ1) is 10.2. The second kappa shape index (κ2) is 4.01. The van der Waals surface area contributed by atoms with Crippen molar-refractivity contribution in [1.29, 1.82) is 0 Å². The van der Waals surface area contributed by atoms with Crippen LogP contribution in [0.3, 0.4) is 0 Å². The number of ketones is 1.